The molecule has 0 bridgehead atoms. The van der Waals surface area contributed by atoms with Crippen LogP contribution in [0.4, 0.5) is 4.39 Å². The summed E-state index contributed by atoms with van der Waals surface area (Å²) in [7, 11) is 0. The first-order valence-electron chi connectivity index (χ1n) is 3.80. The summed E-state index contributed by atoms with van der Waals surface area (Å²) in [6.45, 7) is 1.82. The maximum absolute atomic E-state index is 12.9. The zero-order valence-corrected chi connectivity index (χ0v) is 7.78. The van der Waals surface area contributed by atoms with Crippen LogP contribution in [0.25, 0.3) is 10.1 Å². The quantitative estimate of drug-likeness (QED) is 0.627. The van der Waals surface area contributed by atoms with E-state index in [4.69, 9.17) is 5.26 Å². The van der Waals surface area contributed by atoms with Crippen molar-refractivity contribution in [1.29, 1.82) is 5.26 Å². The van der Waals surface area contributed by atoms with Gasteiger partial charge in [-0.1, -0.05) is 0 Å². The first kappa shape index (κ1) is 8.21. The molecule has 2 rings (SSSR count). The van der Waals surface area contributed by atoms with Gasteiger partial charge in [-0.2, -0.15) is 5.26 Å². The molecule has 0 aliphatic rings. The Balaban J connectivity index is 2.92. The van der Waals surface area contributed by atoms with Crippen LogP contribution in [0.15, 0.2) is 17.5 Å². The van der Waals surface area contributed by atoms with E-state index in [1.54, 1.807) is 5.38 Å². The number of fused-ring (bicyclic) bond motifs is 1. The Kier molecular flexibility index (Phi) is 1.78. The number of benzene rings is 1. The number of thiophene rings is 1. The Labute approximate surface area is 79.0 Å². The molecule has 0 saturated carbocycles. The summed E-state index contributed by atoms with van der Waals surface area (Å²) in [5.74, 6) is -0.240. The normalized spacial score (nSPS) is 10.2. The number of halogens is 1. The number of hydrogen-bond acceptors (Lipinski definition) is 2. The fraction of sp³-hybridized carbons (Fsp3) is 0.100. The summed E-state index contributed by atoms with van der Waals surface area (Å²) in [5.41, 5.74) is 1.46. The van der Waals surface area contributed by atoms with Gasteiger partial charge in [0.15, 0.2) is 0 Å². The van der Waals surface area contributed by atoms with Gasteiger partial charge in [-0.25, -0.2) is 4.39 Å². The highest BCUT2D eigenvalue weighted by molar-refractivity contribution is 7.17. The lowest BCUT2D eigenvalue weighted by atomic mass is 10.1. The van der Waals surface area contributed by atoms with Gasteiger partial charge in [-0.3, -0.25) is 0 Å². The van der Waals surface area contributed by atoms with Gasteiger partial charge in [0.25, 0.3) is 0 Å². The SMILES string of the molecule is Cc1cc(F)cc2scc(C#N)c12. The molecule has 13 heavy (non-hydrogen) atoms. The summed E-state index contributed by atoms with van der Waals surface area (Å²) in [5, 5.41) is 11.4. The molecule has 64 valence electrons. The topological polar surface area (TPSA) is 23.8 Å². The van der Waals surface area contributed by atoms with Crippen LogP contribution in [0.1, 0.15) is 11.1 Å². The highest BCUT2D eigenvalue weighted by Gasteiger charge is 2.07. The molecule has 0 amide bonds. The van der Waals surface area contributed by atoms with Crippen LogP contribution in [0.5, 0.6) is 0 Å². The highest BCUT2D eigenvalue weighted by Crippen LogP contribution is 2.29. The van der Waals surface area contributed by atoms with Crippen LogP contribution in [0.3, 0.4) is 0 Å². The molecule has 2 aromatic rings. The Morgan fingerprint density at radius 2 is 2.23 bits per heavy atom. The molecule has 1 aromatic carbocycles. The average molecular weight is 191 g/mol. The molecular formula is C10H6FNS. The van der Waals surface area contributed by atoms with Crippen LogP contribution in [0.2, 0.25) is 0 Å². The second-order valence-electron chi connectivity index (χ2n) is 2.86. The molecule has 0 unspecified atom stereocenters. The zero-order valence-electron chi connectivity index (χ0n) is 6.97. The van der Waals surface area contributed by atoms with Crippen LogP contribution in [-0.2, 0) is 0 Å². The Morgan fingerprint density at radius 1 is 1.46 bits per heavy atom. The summed E-state index contributed by atoms with van der Waals surface area (Å²) >= 11 is 1.40. The van der Waals surface area contributed by atoms with Crippen LogP contribution >= 0.6 is 11.3 Å². The maximum Gasteiger partial charge on any atom is 0.124 e. The third kappa shape index (κ3) is 1.20. The van der Waals surface area contributed by atoms with Crippen molar-refractivity contribution in [3.8, 4) is 6.07 Å². The summed E-state index contributed by atoms with van der Waals surface area (Å²) < 4.78 is 13.8. The third-order valence-electron chi connectivity index (χ3n) is 1.96. The van der Waals surface area contributed by atoms with Gasteiger partial charge < -0.3 is 0 Å². The second kappa shape index (κ2) is 2.82. The number of nitrogens with zero attached hydrogens (tertiary/aromatic N) is 1. The Hall–Kier alpha value is -1.40. The molecule has 0 N–H and O–H groups in total. The van der Waals surface area contributed by atoms with Crippen molar-refractivity contribution in [1.82, 2.24) is 0 Å². The molecule has 0 atom stereocenters. The fourth-order valence-corrected chi connectivity index (χ4v) is 2.40. The fourth-order valence-electron chi connectivity index (χ4n) is 1.41. The molecule has 0 saturated heterocycles. The molecule has 1 nitrogen and oxygen atoms in total. The Bertz CT molecular complexity index is 507. The van der Waals surface area contributed by atoms with E-state index in [0.29, 0.717) is 5.56 Å². The lowest BCUT2D eigenvalue weighted by Gasteiger charge is -1.96. The minimum atomic E-state index is -0.240. The zero-order chi connectivity index (χ0) is 9.42. The van der Waals surface area contributed by atoms with Gasteiger partial charge in [-0.15, -0.1) is 11.3 Å². The van der Waals surface area contributed by atoms with Gasteiger partial charge in [-0.05, 0) is 24.6 Å². The van der Waals surface area contributed by atoms with Crippen molar-refractivity contribution in [2.75, 3.05) is 0 Å². The van der Waals surface area contributed by atoms with E-state index < -0.39 is 0 Å². The van der Waals surface area contributed by atoms with E-state index in [-0.39, 0.29) is 5.82 Å². The summed E-state index contributed by atoms with van der Waals surface area (Å²) in [4.78, 5) is 0. The van der Waals surface area contributed by atoms with Crippen molar-refractivity contribution in [2.45, 2.75) is 6.92 Å². The second-order valence-corrected chi connectivity index (χ2v) is 3.77. The van der Waals surface area contributed by atoms with E-state index in [2.05, 4.69) is 6.07 Å². The number of hydrogen-bond donors (Lipinski definition) is 0. The number of nitriles is 1. The largest absolute Gasteiger partial charge is 0.207 e. The van der Waals surface area contributed by atoms with E-state index in [9.17, 15) is 4.39 Å². The molecular weight excluding hydrogens is 185 g/mol. The molecule has 0 radical (unpaired) electrons. The van der Waals surface area contributed by atoms with E-state index >= 15 is 0 Å². The minimum Gasteiger partial charge on any atom is -0.207 e. The van der Waals surface area contributed by atoms with Crippen molar-refractivity contribution in [3.63, 3.8) is 0 Å². The summed E-state index contributed by atoms with van der Waals surface area (Å²) in [6, 6.07) is 5.02. The van der Waals surface area contributed by atoms with Gasteiger partial charge in [0.2, 0.25) is 0 Å². The van der Waals surface area contributed by atoms with Crippen LogP contribution < -0.4 is 0 Å². The monoisotopic (exact) mass is 191 g/mol. The standard InChI is InChI=1S/C10H6FNS/c1-6-2-8(11)3-9-10(6)7(4-12)5-13-9/h2-3,5H,1H3. The van der Waals surface area contributed by atoms with E-state index in [1.165, 1.54) is 23.5 Å². The van der Waals surface area contributed by atoms with Crippen molar-refractivity contribution >= 4 is 21.4 Å². The van der Waals surface area contributed by atoms with Crippen molar-refractivity contribution in [2.24, 2.45) is 0 Å². The van der Waals surface area contributed by atoms with Gasteiger partial charge in [0.1, 0.15) is 11.9 Å². The smallest absolute Gasteiger partial charge is 0.124 e. The predicted octanol–water partition coefficient (Wildman–Crippen LogP) is 3.22. The lowest BCUT2D eigenvalue weighted by Crippen LogP contribution is -1.80. The van der Waals surface area contributed by atoms with E-state index in [0.717, 1.165) is 15.6 Å². The van der Waals surface area contributed by atoms with Gasteiger partial charge in [0.05, 0.1) is 5.56 Å². The lowest BCUT2D eigenvalue weighted by molar-refractivity contribution is 0.629. The Morgan fingerprint density at radius 3 is 2.92 bits per heavy atom. The molecule has 1 aromatic heterocycles. The minimum absolute atomic E-state index is 0.240. The molecule has 3 heteroatoms. The van der Waals surface area contributed by atoms with Crippen LogP contribution in [-0.4, -0.2) is 0 Å². The van der Waals surface area contributed by atoms with Crippen molar-refractivity contribution < 1.29 is 4.39 Å². The summed E-state index contributed by atoms with van der Waals surface area (Å²) in [6.07, 6.45) is 0. The highest BCUT2D eigenvalue weighted by atomic mass is 32.1. The molecule has 1 heterocycles. The van der Waals surface area contributed by atoms with Crippen LogP contribution in [0, 0.1) is 24.1 Å². The first-order valence-corrected chi connectivity index (χ1v) is 4.68. The maximum atomic E-state index is 12.9. The van der Waals surface area contributed by atoms with Gasteiger partial charge in [0, 0.05) is 15.5 Å². The molecule has 0 aliphatic heterocycles. The first-order chi connectivity index (χ1) is 6.22. The number of aryl methyl sites for hydroxylation is 1. The van der Waals surface area contributed by atoms with Crippen molar-refractivity contribution in [3.05, 3.63) is 34.5 Å². The molecule has 0 spiro atoms. The molecule has 0 aliphatic carbocycles. The van der Waals surface area contributed by atoms with E-state index in [1.807, 2.05) is 6.92 Å². The van der Waals surface area contributed by atoms with Gasteiger partial charge >= 0.3 is 0 Å². The average Bonchev–Trinajstić information content (AvgIpc) is 2.47. The molecule has 0 fully saturated rings. The predicted molar refractivity (Wildman–Crippen MR) is 51.2 cm³/mol. The number of rotatable bonds is 0. The third-order valence-corrected chi connectivity index (χ3v) is 2.89.